The van der Waals surface area contributed by atoms with Crippen molar-refractivity contribution in [3.05, 3.63) is 35.4 Å². The lowest BCUT2D eigenvalue weighted by Crippen LogP contribution is -2.28. The van der Waals surface area contributed by atoms with E-state index in [4.69, 9.17) is 23.7 Å². The Hall–Kier alpha value is -3.09. The molecule has 0 aliphatic carbocycles. The van der Waals surface area contributed by atoms with Crippen LogP contribution in [0.15, 0.2) is 24.3 Å². The summed E-state index contributed by atoms with van der Waals surface area (Å²) in [5.74, 6) is 1.73. The Kier molecular flexibility index (Phi) is 5.30. The van der Waals surface area contributed by atoms with Crippen LogP contribution in [0, 0.1) is 5.92 Å². The molecule has 0 radical (unpaired) electrons. The van der Waals surface area contributed by atoms with E-state index in [1.165, 1.54) is 28.4 Å². The lowest BCUT2D eigenvalue weighted by molar-refractivity contribution is 0.0853. The molecule has 0 amide bonds. The predicted molar refractivity (Wildman–Crippen MR) is 97.8 cm³/mol. The van der Waals surface area contributed by atoms with Gasteiger partial charge in [-0.25, -0.2) is 0 Å². The van der Waals surface area contributed by atoms with Crippen molar-refractivity contribution >= 4 is 5.78 Å². The van der Waals surface area contributed by atoms with Gasteiger partial charge in [0.2, 0.25) is 5.75 Å². The predicted octanol–water partition coefficient (Wildman–Crippen LogP) is 2.86. The van der Waals surface area contributed by atoms with Crippen molar-refractivity contribution in [1.82, 2.24) is 0 Å². The molecule has 0 saturated heterocycles. The van der Waals surface area contributed by atoms with Gasteiger partial charge >= 0.3 is 0 Å². The van der Waals surface area contributed by atoms with Gasteiger partial charge in [-0.05, 0) is 30.2 Å². The van der Waals surface area contributed by atoms with Crippen LogP contribution in [-0.4, -0.2) is 45.9 Å². The largest absolute Gasteiger partial charge is 0.504 e. The second kappa shape index (κ2) is 7.65. The number of ether oxygens (including phenoxy) is 5. The molecule has 27 heavy (non-hydrogen) atoms. The summed E-state index contributed by atoms with van der Waals surface area (Å²) in [7, 11) is 5.99. The van der Waals surface area contributed by atoms with E-state index >= 15 is 0 Å². The van der Waals surface area contributed by atoms with Crippen molar-refractivity contribution in [1.29, 1.82) is 0 Å². The van der Waals surface area contributed by atoms with Gasteiger partial charge in [0.15, 0.2) is 28.8 Å². The van der Waals surface area contributed by atoms with Crippen molar-refractivity contribution < 1.29 is 33.6 Å². The molecule has 1 atom stereocenters. The second-order valence-corrected chi connectivity index (χ2v) is 6.12. The number of carbonyl (C=O) groups is 1. The molecular formula is C20H22O7. The van der Waals surface area contributed by atoms with Gasteiger partial charge in [0, 0.05) is 11.6 Å². The van der Waals surface area contributed by atoms with Crippen molar-refractivity contribution in [3.8, 4) is 34.5 Å². The standard InChI is InChI=1S/C20H22O7/c1-23-16-9-15-11(6-14(16)21)5-13(10-27-15)19(22)12-7-17(24-2)20(26-4)18(8-12)25-3/h6-9,13,21H,5,10H2,1-4H3. The Morgan fingerprint density at radius 2 is 1.59 bits per heavy atom. The average Bonchev–Trinajstić information content (AvgIpc) is 2.70. The third-order valence-corrected chi connectivity index (χ3v) is 4.59. The monoisotopic (exact) mass is 374 g/mol. The summed E-state index contributed by atoms with van der Waals surface area (Å²) >= 11 is 0. The van der Waals surface area contributed by atoms with Crippen molar-refractivity contribution in [3.63, 3.8) is 0 Å². The molecule has 1 aliphatic rings. The van der Waals surface area contributed by atoms with E-state index in [0.717, 1.165) is 5.56 Å². The molecule has 0 aromatic heterocycles. The number of hydrogen-bond acceptors (Lipinski definition) is 7. The number of rotatable bonds is 6. The summed E-state index contributed by atoms with van der Waals surface area (Å²) in [5, 5.41) is 9.99. The van der Waals surface area contributed by atoms with Crippen LogP contribution in [0.25, 0.3) is 0 Å². The first-order valence-electron chi connectivity index (χ1n) is 8.39. The number of phenols is 1. The minimum Gasteiger partial charge on any atom is -0.504 e. The quantitative estimate of drug-likeness (QED) is 0.779. The number of Topliss-reactive ketones (excluding diaryl/α,β-unsaturated/α-hetero) is 1. The number of benzene rings is 2. The summed E-state index contributed by atoms with van der Waals surface area (Å²) in [6.07, 6.45) is 0.447. The van der Waals surface area contributed by atoms with Gasteiger partial charge in [-0.15, -0.1) is 0 Å². The van der Waals surface area contributed by atoms with E-state index < -0.39 is 5.92 Å². The third-order valence-electron chi connectivity index (χ3n) is 4.59. The Bertz CT molecular complexity index is 835. The third kappa shape index (κ3) is 3.45. The number of fused-ring (bicyclic) bond motifs is 1. The van der Waals surface area contributed by atoms with E-state index in [9.17, 15) is 9.90 Å². The summed E-state index contributed by atoms with van der Waals surface area (Å²) in [5.41, 5.74) is 1.20. The van der Waals surface area contributed by atoms with Crippen LogP contribution in [0.3, 0.4) is 0 Å². The van der Waals surface area contributed by atoms with Crippen LogP contribution in [0.5, 0.6) is 34.5 Å². The maximum absolute atomic E-state index is 13.0. The molecule has 144 valence electrons. The normalized spacial score (nSPS) is 15.3. The van der Waals surface area contributed by atoms with Crippen LogP contribution >= 0.6 is 0 Å². The molecule has 0 saturated carbocycles. The Labute approximate surface area is 157 Å². The summed E-state index contributed by atoms with van der Waals surface area (Å²) in [6, 6.07) is 6.46. The highest BCUT2D eigenvalue weighted by molar-refractivity contribution is 5.99. The summed E-state index contributed by atoms with van der Waals surface area (Å²) in [6.45, 7) is 0.233. The van der Waals surface area contributed by atoms with Crippen molar-refractivity contribution in [2.45, 2.75) is 6.42 Å². The van der Waals surface area contributed by atoms with E-state index in [0.29, 0.717) is 40.7 Å². The molecule has 0 spiro atoms. The zero-order chi connectivity index (χ0) is 19.6. The molecule has 1 aliphatic heterocycles. The molecule has 0 bridgehead atoms. The summed E-state index contributed by atoms with van der Waals surface area (Å²) < 4.78 is 26.8. The van der Waals surface area contributed by atoms with Crippen LogP contribution in [0.2, 0.25) is 0 Å². The van der Waals surface area contributed by atoms with E-state index in [1.54, 1.807) is 24.3 Å². The Balaban J connectivity index is 1.90. The zero-order valence-electron chi connectivity index (χ0n) is 15.7. The minimum atomic E-state index is -0.395. The van der Waals surface area contributed by atoms with Gasteiger partial charge in [0.05, 0.1) is 41.0 Å². The van der Waals surface area contributed by atoms with Gasteiger partial charge in [-0.1, -0.05) is 0 Å². The number of aromatic hydroxyl groups is 1. The molecule has 2 aromatic rings. The fourth-order valence-electron chi connectivity index (χ4n) is 3.19. The van der Waals surface area contributed by atoms with E-state index in [1.807, 2.05) is 0 Å². The van der Waals surface area contributed by atoms with Crippen LogP contribution in [-0.2, 0) is 6.42 Å². The van der Waals surface area contributed by atoms with Gasteiger partial charge in [-0.2, -0.15) is 0 Å². The fourth-order valence-corrected chi connectivity index (χ4v) is 3.19. The van der Waals surface area contributed by atoms with E-state index in [2.05, 4.69) is 0 Å². The van der Waals surface area contributed by atoms with Crippen molar-refractivity contribution in [2.24, 2.45) is 5.92 Å². The van der Waals surface area contributed by atoms with Crippen molar-refractivity contribution in [2.75, 3.05) is 35.0 Å². The first-order valence-corrected chi connectivity index (χ1v) is 8.39. The highest BCUT2D eigenvalue weighted by Crippen LogP contribution is 2.41. The lowest BCUT2D eigenvalue weighted by Gasteiger charge is -2.25. The Morgan fingerprint density at radius 3 is 2.15 bits per heavy atom. The Morgan fingerprint density at radius 1 is 0.963 bits per heavy atom. The van der Waals surface area contributed by atoms with Gasteiger partial charge in [-0.3, -0.25) is 4.79 Å². The van der Waals surface area contributed by atoms with Gasteiger partial charge in [0.25, 0.3) is 0 Å². The average molecular weight is 374 g/mol. The minimum absolute atomic E-state index is 0.0146. The molecule has 7 heteroatoms. The molecule has 1 N–H and O–H groups in total. The zero-order valence-corrected chi connectivity index (χ0v) is 15.7. The molecule has 7 nitrogen and oxygen atoms in total. The summed E-state index contributed by atoms with van der Waals surface area (Å²) in [4.78, 5) is 13.0. The highest BCUT2D eigenvalue weighted by atomic mass is 16.5. The van der Waals surface area contributed by atoms with Gasteiger partial charge < -0.3 is 28.8 Å². The maximum atomic E-state index is 13.0. The first kappa shape index (κ1) is 18.7. The molecule has 1 unspecified atom stereocenters. The molecular weight excluding hydrogens is 352 g/mol. The number of methoxy groups -OCH3 is 4. The molecule has 1 heterocycles. The lowest BCUT2D eigenvalue weighted by atomic mass is 9.89. The second-order valence-electron chi connectivity index (χ2n) is 6.12. The van der Waals surface area contributed by atoms with Crippen LogP contribution in [0.1, 0.15) is 15.9 Å². The number of ketones is 1. The molecule has 3 rings (SSSR count). The first-order chi connectivity index (χ1) is 13.0. The smallest absolute Gasteiger partial charge is 0.203 e. The van der Waals surface area contributed by atoms with Crippen LogP contribution in [0.4, 0.5) is 0 Å². The fraction of sp³-hybridized carbons (Fsp3) is 0.350. The SMILES string of the molecule is COc1cc2c(cc1O)CC(C(=O)c1cc(OC)c(OC)c(OC)c1)CO2. The number of carbonyl (C=O) groups excluding carboxylic acids is 1. The highest BCUT2D eigenvalue weighted by Gasteiger charge is 2.29. The van der Waals surface area contributed by atoms with Gasteiger partial charge in [0.1, 0.15) is 5.75 Å². The molecule has 2 aromatic carbocycles. The number of phenolic OH excluding ortho intramolecular Hbond substituents is 1. The van der Waals surface area contributed by atoms with E-state index in [-0.39, 0.29) is 18.1 Å². The van der Waals surface area contributed by atoms with Crippen LogP contribution < -0.4 is 23.7 Å². The topological polar surface area (TPSA) is 83.5 Å². The number of hydrogen-bond donors (Lipinski definition) is 1. The molecule has 0 fully saturated rings. The maximum Gasteiger partial charge on any atom is 0.203 e.